The number of hydrogen-bond acceptors (Lipinski definition) is 7. The third kappa shape index (κ3) is 23.2. The van der Waals surface area contributed by atoms with E-state index >= 15 is 0 Å². The fourth-order valence-corrected chi connectivity index (χ4v) is 0.684. The van der Waals surface area contributed by atoms with Gasteiger partial charge in [0, 0.05) is 24.8 Å². The molecule has 20 heavy (non-hydrogen) atoms. The number of carbonyl (C=O) groups excluding carboxylic acids is 3. The van der Waals surface area contributed by atoms with Crippen LogP contribution in [0.15, 0.2) is 0 Å². The van der Waals surface area contributed by atoms with Gasteiger partial charge in [0.1, 0.15) is 5.60 Å². The smallest absolute Gasteiger partial charge is 1.00 e. The van der Waals surface area contributed by atoms with Crippen LogP contribution in [0.3, 0.4) is 0 Å². The SMILES string of the molecule is O=C([O-])CC(O)(CC(=O)[O-])C(=O)[O-].[Cl][Au]([Cl])[Cl].[Na+].[Na+].[Na+]. The van der Waals surface area contributed by atoms with Gasteiger partial charge in [0.2, 0.25) is 0 Å². The van der Waals surface area contributed by atoms with Gasteiger partial charge in [-0.25, -0.2) is 0 Å². The van der Waals surface area contributed by atoms with Crippen molar-refractivity contribution in [2.75, 3.05) is 0 Å². The van der Waals surface area contributed by atoms with E-state index < -0.39 is 51.5 Å². The van der Waals surface area contributed by atoms with Gasteiger partial charge in [0.25, 0.3) is 0 Å². The molecule has 106 valence electrons. The summed E-state index contributed by atoms with van der Waals surface area (Å²) in [5.41, 5.74) is -2.97. The maximum absolute atomic E-state index is 10.1. The molecule has 0 unspecified atom stereocenters. The summed E-state index contributed by atoms with van der Waals surface area (Å²) in [4.78, 5) is 30.0. The van der Waals surface area contributed by atoms with Crippen molar-refractivity contribution in [2.45, 2.75) is 18.4 Å². The van der Waals surface area contributed by atoms with Gasteiger partial charge < -0.3 is 34.8 Å². The van der Waals surface area contributed by atoms with Crippen molar-refractivity contribution in [3.8, 4) is 0 Å². The van der Waals surface area contributed by atoms with Crippen LogP contribution < -0.4 is 104 Å². The molecule has 0 aromatic rings. The largest absolute Gasteiger partial charge is 1.00 e. The molecule has 0 aliphatic rings. The van der Waals surface area contributed by atoms with E-state index in [-0.39, 0.29) is 88.7 Å². The van der Waals surface area contributed by atoms with Crippen LogP contribution in [0.25, 0.3) is 0 Å². The minimum atomic E-state index is -2.97. The molecule has 0 aliphatic carbocycles. The average Bonchev–Trinajstić information content (AvgIpc) is 1.98. The summed E-state index contributed by atoms with van der Waals surface area (Å²) in [7, 11) is 14.9. The minimum absolute atomic E-state index is 0. The van der Waals surface area contributed by atoms with Crippen LogP contribution in [0, 0.1) is 0 Å². The van der Waals surface area contributed by atoms with E-state index in [4.69, 9.17) is 32.7 Å². The van der Waals surface area contributed by atoms with E-state index in [9.17, 15) is 29.7 Å². The van der Waals surface area contributed by atoms with Crippen LogP contribution in [0.4, 0.5) is 0 Å². The van der Waals surface area contributed by atoms with Crippen molar-refractivity contribution in [1.29, 1.82) is 0 Å². The Morgan fingerprint density at radius 3 is 1.20 bits per heavy atom. The Bertz CT molecular complexity index is 289. The van der Waals surface area contributed by atoms with E-state index in [1.807, 2.05) is 0 Å². The first-order valence-electron chi connectivity index (χ1n) is 3.45. The van der Waals surface area contributed by atoms with E-state index in [1.165, 1.54) is 0 Å². The van der Waals surface area contributed by atoms with Gasteiger partial charge in [-0.05, 0) is 0 Å². The Labute approximate surface area is 199 Å². The molecule has 0 saturated heterocycles. The van der Waals surface area contributed by atoms with Crippen LogP contribution >= 0.6 is 27.6 Å². The van der Waals surface area contributed by atoms with Crippen molar-refractivity contribution in [3.05, 3.63) is 0 Å². The number of aliphatic hydroxyl groups is 1. The standard InChI is InChI=1S/C6H8O7.Au.3ClH.3Na/c7-3(8)1-6(13,5(11)12)2-4(9)10;;;;;;;/h13H,1-2H2,(H,7,8)(H,9,10)(H,11,12);;3*1H;;;/q;+3;;;;3*+1/p-6. The first-order valence-corrected chi connectivity index (χ1v) is 11.5. The van der Waals surface area contributed by atoms with Crippen LogP contribution in [0.5, 0.6) is 0 Å². The van der Waals surface area contributed by atoms with Crippen LogP contribution in [-0.2, 0) is 29.6 Å². The molecule has 7 nitrogen and oxygen atoms in total. The molecule has 0 heterocycles. The van der Waals surface area contributed by atoms with Crippen molar-refractivity contribution < 1.29 is 139 Å². The molecule has 0 amide bonds. The third-order valence-corrected chi connectivity index (χ3v) is 1.25. The topological polar surface area (TPSA) is 141 Å². The van der Waals surface area contributed by atoms with Gasteiger partial charge >= 0.3 is 131 Å². The first-order chi connectivity index (χ1) is 7.51. The Balaban J connectivity index is -0.0000000951. The summed E-state index contributed by atoms with van der Waals surface area (Å²) in [5.74, 6) is -5.98. The molecule has 0 radical (unpaired) electrons. The summed E-state index contributed by atoms with van der Waals surface area (Å²) in [6.45, 7) is 0. The number of hydrogen-bond donors (Lipinski definition) is 1. The summed E-state index contributed by atoms with van der Waals surface area (Å²) in [6.07, 6.45) is -2.72. The molecule has 0 bridgehead atoms. The molecule has 0 atom stereocenters. The van der Waals surface area contributed by atoms with E-state index in [0.717, 1.165) is 0 Å². The van der Waals surface area contributed by atoms with Crippen molar-refractivity contribution in [1.82, 2.24) is 0 Å². The molecular weight excluding hydrogens is 556 g/mol. The van der Waals surface area contributed by atoms with Gasteiger partial charge in [0.15, 0.2) is 0 Å². The van der Waals surface area contributed by atoms with Crippen LogP contribution in [0.1, 0.15) is 12.8 Å². The van der Waals surface area contributed by atoms with E-state index in [2.05, 4.69) is 0 Å². The third-order valence-electron chi connectivity index (χ3n) is 1.25. The number of aliphatic carboxylic acids is 3. The second kappa shape index (κ2) is 18.3. The normalized spacial score (nSPS) is 9.30. The summed E-state index contributed by atoms with van der Waals surface area (Å²) < 4.78 is 0. The van der Waals surface area contributed by atoms with E-state index in [0.29, 0.717) is 0 Å². The predicted octanol–water partition coefficient (Wildman–Crippen LogP) is -12.2. The van der Waals surface area contributed by atoms with Gasteiger partial charge in [-0.3, -0.25) is 0 Å². The molecule has 0 aromatic heterocycles. The number of carboxylic acid groups (broad SMARTS) is 3. The second-order valence-electron chi connectivity index (χ2n) is 2.55. The maximum Gasteiger partial charge on any atom is 1.00 e. The van der Waals surface area contributed by atoms with E-state index in [1.54, 1.807) is 0 Å². The molecule has 0 saturated carbocycles. The Hall–Kier alpha value is 2.98. The van der Waals surface area contributed by atoms with Crippen molar-refractivity contribution >= 4 is 45.5 Å². The predicted molar refractivity (Wildman–Crippen MR) is 46.8 cm³/mol. The van der Waals surface area contributed by atoms with Gasteiger partial charge in [-0.2, -0.15) is 0 Å². The van der Waals surface area contributed by atoms with Crippen LogP contribution in [0.2, 0.25) is 0 Å². The number of rotatable bonds is 5. The average molecular weight is 561 g/mol. The molecular formula is C6H5AuCl3Na3O7. The molecule has 0 rings (SSSR count). The zero-order chi connectivity index (χ0) is 14.2. The molecule has 0 spiro atoms. The molecule has 14 heteroatoms. The van der Waals surface area contributed by atoms with Gasteiger partial charge in [-0.1, -0.05) is 0 Å². The quantitative estimate of drug-likeness (QED) is 0.329. The monoisotopic (exact) mass is 560 g/mol. The zero-order valence-electron chi connectivity index (χ0n) is 10.7. The number of carbonyl (C=O) groups is 3. The summed E-state index contributed by atoms with van der Waals surface area (Å²) in [6, 6.07) is 0. The van der Waals surface area contributed by atoms with Crippen molar-refractivity contribution in [2.24, 2.45) is 0 Å². The summed E-state index contributed by atoms with van der Waals surface area (Å²) in [5, 5.41) is 38.9. The fourth-order valence-electron chi connectivity index (χ4n) is 0.684. The van der Waals surface area contributed by atoms with Crippen molar-refractivity contribution in [3.63, 3.8) is 0 Å². The molecule has 0 aliphatic heterocycles. The maximum atomic E-state index is 10.1. The second-order valence-corrected chi connectivity index (χ2v) is 11.9. The first kappa shape index (κ1) is 34.3. The number of carboxylic acids is 3. The Morgan fingerprint density at radius 1 is 0.900 bits per heavy atom. The molecule has 0 aromatic carbocycles. The fraction of sp³-hybridized carbons (Fsp3) is 0.500. The Kier molecular flexibility index (Phi) is 31.5. The van der Waals surface area contributed by atoms with Gasteiger partial charge in [0.05, 0.1) is 5.97 Å². The minimum Gasteiger partial charge on any atom is 1.00 e. The van der Waals surface area contributed by atoms with Crippen LogP contribution in [-0.4, -0.2) is 28.6 Å². The Morgan fingerprint density at radius 2 is 1.10 bits per heavy atom. The number of halogens is 3. The zero-order valence-corrected chi connectivity index (χ0v) is 21.2. The molecule has 1 N–H and O–H groups in total. The molecule has 0 fully saturated rings. The summed E-state index contributed by atoms with van der Waals surface area (Å²) >= 11 is -1.79. The van der Waals surface area contributed by atoms with Gasteiger partial charge in [-0.15, -0.1) is 0 Å².